The van der Waals surface area contributed by atoms with Gasteiger partial charge in [-0.2, -0.15) is 10.2 Å². The molecule has 2 heterocycles. The molecule has 19 heavy (non-hydrogen) atoms. The lowest BCUT2D eigenvalue weighted by atomic mass is 10.0. The minimum Gasteiger partial charge on any atom is -0.342 e. The zero-order valence-corrected chi connectivity index (χ0v) is 10.9. The van der Waals surface area contributed by atoms with E-state index in [2.05, 4.69) is 22.0 Å². The summed E-state index contributed by atoms with van der Waals surface area (Å²) in [4.78, 5) is 7.41. The first-order valence-corrected chi connectivity index (χ1v) is 6.73. The maximum Gasteiger partial charge on any atom is 0.274 e. The predicted octanol–water partition coefficient (Wildman–Crippen LogP) is 3.23. The van der Waals surface area contributed by atoms with Crippen molar-refractivity contribution in [3.8, 4) is 17.7 Å². The molecule has 0 amide bonds. The van der Waals surface area contributed by atoms with Gasteiger partial charge in [-0.15, -0.1) is 0 Å². The smallest absolute Gasteiger partial charge is 0.274 e. The number of hydrogen-bond donors (Lipinski definition) is 1. The molecule has 0 radical (unpaired) electrons. The second-order valence-corrected chi connectivity index (χ2v) is 5.14. The van der Waals surface area contributed by atoms with Crippen LogP contribution in [0.25, 0.3) is 11.6 Å². The summed E-state index contributed by atoms with van der Waals surface area (Å²) in [6.45, 7) is 2.23. The average Bonchev–Trinajstić information content (AvgIpc) is 3.16. The van der Waals surface area contributed by atoms with Crippen molar-refractivity contribution in [3.05, 3.63) is 23.7 Å². The van der Waals surface area contributed by atoms with Gasteiger partial charge in [-0.05, 0) is 37.3 Å². The molecule has 0 aromatic carbocycles. The van der Waals surface area contributed by atoms with Gasteiger partial charge in [-0.3, -0.25) is 0 Å². The van der Waals surface area contributed by atoms with Crippen LogP contribution < -0.4 is 0 Å². The fourth-order valence-corrected chi connectivity index (χ4v) is 2.78. The van der Waals surface area contributed by atoms with Gasteiger partial charge in [0.15, 0.2) is 5.82 Å². The Balaban J connectivity index is 1.78. The largest absolute Gasteiger partial charge is 0.342 e. The van der Waals surface area contributed by atoms with E-state index in [-0.39, 0.29) is 0 Å². The van der Waals surface area contributed by atoms with Gasteiger partial charge in [-0.25, -0.2) is 0 Å². The third-order valence-electron chi connectivity index (χ3n) is 3.96. The Hall–Kier alpha value is -2.09. The minimum absolute atomic E-state index is 0.424. The van der Waals surface area contributed by atoms with Crippen molar-refractivity contribution >= 4 is 0 Å². The van der Waals surface area contributed by atoms with Crippen LogP contribution in [0.2, 0.25) is 0 Å². The zero-order chi connectivity index (χ0) is 13.2. The molecule has 2 unspecified atom stereocenters. The summed E-state index contributed by atoms with van der Waals surface area (Å²) in [7, 11) is 0. The molecule has 2 aromatic rings. The monoisotopic (exact) mass is 256 g/mol. The molecule has 5 heteroatoms. The van der Waals surface area contributed by atoms with Gasteiger partial charge in [0.25, 0.3) is 5.89 Å². The summed E-state index contributed by atoms with van der Waals surface area (Å²) in [5.74, 6) is 2.49. The number of nitrogens with zero attached hydrogens (tertiary/aromatic N) is 3. The summed E-state index contributed by atoms with van der Waals surface area (Å²) < 4.78 is 5.29. The Labute approximate surface area is 111 Å². The summed E-state index contributed by atoms with van der Waals surface area (Å²) in [6.07, 6.45) is 4.78. The first-order valence-electron chi connectivity index (χ1n) is 6.73. The fraction of sp³-hybridized carbons (Fsp3) is 0.500. The average molecular weight is 256 g/mol. The van der Waals surface area contributed by atoms with E-state index in [0.29, 0.717) is 23.2 Å². The number of aromatic amines is 1. The van der Waals surface area contributed by atoms with Gasteiger partial charge < -0.3 is 9.51 Å². The van der Waals surface area contributed by atoms with E-state index in [4.69, 9.17) is 9.78 Å². The van der Waals surface area contributed by atoms with Gasteiger partial charge >= 0.3 is 0 Å². The van der Waals surface area contributed by atoms with Crippen molar-refractivity contribution in [3.63, 3.8) is 0 Å². The van der Waals surface area contributed by atoms with Crippen LogP contribution >= 0.6 is 0 Å². The molecular weight excluding hydrogens is 240 g/mol. The molecule has 1 N–H and O–H groups in total. The van der Waals surface area contributed by atoms with E-state index in [1.807, 2.05) is 6.07 Å². The van der Waals surface area contributed by atoms with Crippen LogP contribution in [0, 0.1) is 17.2 Å². The van der Waals surface area contributed by atoms with Crippen LogP contribution in [-0.4, -0.2) is 15.1 Å². The highest BCUT2D eigenvalue weighted by atomic mass is 16.5. The summed E-state index contributed by atoms with van der Waals surface area (Å²) in [5, 5.41) is 12.9. The highest BCUT2D eigenvalue weighted by Gasteiger charge is 2.28. The van der Waals surface area contributed by atoms with Crippen LogP contribution in [0.4, 0.5) is 0 Å². The first-order chi connectivity index (χ1) is 9.30. The maximum absolute atomic E-state index is 8.78. The first kappa shape index (κ1) is 12.0. The second kappa shape index (κ2) is 4.88. The van der Waals surface area contributed by atoms with Crippen molar-refractivity contribution in [1.29, 1.82) is 5.26 Å². The van der Waals surface area contributed by atoms with Crippen molar-refractivity contribution in [1.82, 2.24) is 15.1 Å². The fourth-order valence-electron chi connectivity index (χ4n) is 2.78. The van der Waals surface area contributed by atoms with E-state index < -0.39 is 0 Å². The standard InChI is InChI=1S/C14H16N4O/c1-2-9-3-4-10(7-9)13-17-14(19-18-13)12-6-5-11(8-15)16-12/h5-6,9-10,16H,2-4,7H2,1H3. The SMILES string of the molecule is CCC1CCC(c2noc(-c3ccc(C#N)[nH]3)n2)C1. The van der Waals surface area contributed by atoms with Gasteiger partial charge in [0.05, 0.1) is 0 Å². The molecule has 0 spiro atoms. The Morgan fingerprint density at radius 1 is 1.47 bits per heavy atom. The van der Waals surface area contributed by atoms with Crippen LogP contribution in [0.3, 0.4) is 0 Å². The van der Waals surface area contributed by atoms with Gasteiger partial charge in [0.2, 0.25) is 0 Å². The molecule has 1 saturated carbocycles. The highest BCUT2D eigenvalue weighted by molar-refractivity contribution is 5.49. The number of H-pyrrole nitrogens is 1. The van der Waals surface area contributed by atoms with Crippen molar-refractivity contribution in [2.75, 3.05) is 0 Å². The second-order valence-electron chi connectivity index (χ2n) is 5.14. The number of rotatable bonds is 3. The minimum atomic E-state index is 0.424. The molecule has 1 aliphatic rings. The van der Waals surface area contributed by atoms with Crippen LogP contribution in [-0.2, 0) is 0 Å². The molecule has 98 valence electrons. The van der Waals surface area contributed by atoms with Gasteiger partial charge in [-0.1, -0.05) is 18.5 Å². The Morgan fingerprint density at radius 2 is 2.37 bits per heavy atom. The maximum atomic E-state index is 8.78. The summed E-state index contributed by atoms with van der Waals surface area (Å²) >= 11 is 0. The summed E-state index contributed by atoms with van der Waals surface area (Å²) in [5.41, 5.74) is 1.21. The quantitative estimate of drug-likeness (QED) is 0.914. The van der Waals surface area contributed by atoms with Crippen molar-refractivity contribution in [2.45, 2.75) is 38.5 Å². The molecule has 0 bridgehead atoms. The Bertz CT molecular complexity index is 607. The van der Waals surface area contributed by atoms with E-state index in [0.717, 1.165) is 24.6 Å². The Morgan fingerprint density at radius 3 is 3.05 bits per heavy atom. The van der Waals surface area contributed by atoms with Crippen LogP contribution in [0.1, 0.15) is 50.0 Å². The van der Waals surface area contributed by atoms with E-state index >= 15 is 0 Å². The molecule has 5 nitrogen and oxygen atoms in total. The molecule has 2 aromatic heterocycles. The molecule has 0 saturated heterocycles. The highest BCUT2D eigenvalue weighted by Crippen LogP contribution is 2.38. The molecule has 0 aliphatic heterocycles. The van der Waals surface area contributed by atoms with E-state index in [1.165, 1.54) is 12.8 Å². The lowest BCUT2D eigenvalue weighted by Crippen LogP contribution is -1.97. The number of nitriles is 1. The zero-order valence-electron chi connectivity index (χ0n) is 10.9. The normalized spacial score (nSPS) is 22.5. The molecule has 2 atom stereocenters. The molecule has 1 fully saturated rings. The Kier molecular flexibility index (Phi) is 3.08. The van der Waals surface area contributed by atoms with Crippen molar-refractivity contribution in [2.24, 2.45) is 5.92 Å². The van der Waals surface area contributed by atoms with Gasteiger partial charge in [0.1, 0.15) is 17.5 Å². The van der Waals surface area contributed by atoms with Crippen molar-refractivity contribution < 1.29 is 4.52 Å². The van der Waals surface area contributed by atoms with E-state index in [9.17, 15) is 0 Å². The molecule has 3 rings (SSSR count). The summed E-state index contributed by atoms with van der Waals surface area (Å²) in [6, 6.07) is 5.55. The number of nitrogens with one attached hydrogen (secondary N) is 1. The lowest BCUT2D eigenvalue weighted by molar-refractivity contribution is 0.413. The topological polar surface area (TPSA) is 78.5 Å². The van der Waals surface area contributed by atoms with Crippen LogP contribution in [0.5, 0.6) is 0 Å². The number of aromatic nitrogens is 3. The molecule has 1 aliphatic carbocycles. The molecular formula is C14H16N4O. The predicted molar refractivity (Wildman–Crippen MR) is 69.2 cm³/mol. The third-order valence-corrected chi connectivity index (χ3v) is 3.96. The van der Waals surface area contributed by atoms with E-state index in [1.54, 1.807) is 12.1 Å². The lowest BCUT2D eigenvalue weighted by Gasteiger charge is -2.04. The van der Waals surface area contributed by atoms with Crippen LogP contribution in [0.15, 0.2) is 16.7 Å². The third kappa shape index (κ3) is 2.26. The number of hydrogen-bond acceptors (Lipinski definition) is 4. The van der Waals surface area contributed by atoms with Gasteiger partial charge in [0, 0.05) is 5.92 Å².